The van der Waals surface area contributed by atoms with Gasteiger partial charge in [-0.1, -0.05) is 26.0 Å². The lowest BCUT2D eigenvalue weighted by Gasteiger charge is -2.20. The van der Waals surface area contributed by atoms with Gasteiger partial charge in [0.15, 0.2) is 0 Å². The van der Waals surface area contributed by atoms with Crippen molar-refractivity contribution in [2.45, 2.75) is 33.3 Å². The van der Waals surface area contributed by atoms with Crippen LogP contribution in [0, 0.1) is 0 Å². The van der Waals surface area contributed by atoms with Crippen LogP contribution < -0.4 is 10.1 Å². The van der Waals surface area contributed by atoms with Crippen molar-refractivity contribution in [2.24, 2.45) is 0 Å². The van der Waals surface area contributed by atoms with Crippen LogP contribution in [0.1, 0.15) is 32.3 Å². The zero-order chi connectivity index (χ0) is 17.9. The van der Waals surface area contributed by atoms with E-state index in [1.165, 1.54) is 0 Å². The van der Waals surface area contributed by atoms with Crippen LogP contribution in [0.3, 0.4) is 0 Å². The van der Waals surface area contributed by atoms with Crippen LogP contribution in [0.4, 0.5) is 5.69 Å². The number of nitrogens with zero attached hydrogens (tertiary/aromatic N) is 2. The Labute approximate surface area is 150 Å². The number of hydrogen-bond donors (Lipinski definition) is 1. The minimum absolute atomic E-state index is 0.00584. The minimum Gasteiger partial charge on any atom is -0.489 e. The topological polar surface area (TPSA) is 54.5 Å². The number of carbonyl (C=O) groups is 1. The number of benzene rings is 1. The summed E-state index contributed by atoms with van der Waals surface area (Å²) >= 11 is 0. The first-order valence-electron chi connectivity index (χ1n) is 8.85. The molecule has 0 atom stereocenters. The van der Waals surface area contributed by atoms with E-state index in [0.717, 1.165) is 42.9 Å². The van der Waals surface area contributed by atoms with Crippen LogP contribution in [0.5, 0.6) is 5.75 Å². The quantitative estimate of drug-likeness (QED) is 0.715. The zero-order valence-electron chi connectivity index (χ0n) is 15.1. The molecule has 1 N–H and O–H groups in total. The molecule has 0 spiro atoms. The molecule has 25 heavy (non-hydrogen) atoms. The lowest BCUT2D eigenvalue weighted by Crippen LogP contribution is -2.34. The molecule has 2 rings (SSSR count). The molecule has 0 aliphatic rings. The minimum atomic E-state index is 0.00584. The van der Waals surface area contributed by atoms with Gasteiger partial charge in [-0.2, -0.15) is 0 Å². The lowest BCUT2D eigenvalue weighted by atomic mass is 10.2. The van der Waals surface area contributed by atoms with Gasteiger partial charge in [-0.3, -0.25) is 14.7 Å². The predicted octanol–water partition coefficient (Wildman–Crippen LogP) is 3.72. The SMILES string of the molecule is CCCN(CCC)CC(=O)Nc1cccc(OCc2cccnc2)c1. The molecular formula is C20H27N3O2. The average molecular weight is 341 g/mol. The summed E-state index contributed by atoms with van der Waals surface area (Å²) in [5.74, 6) is 0.729. The van der Waals surface area contributed by atoms with Gasteiger partial charge in [-0.25, -0.2) is 0 Å². The second kappa shape index (κ2) is 10.5. The van der Waals surface area contributed by atoms with E-state index in [0.29, 0.717) is 13.2 Å². The molecule has 5 heteroatoms. The summed E-state index contributed by atoms with van der Waals surface area (Å²) in [4.78, 5) is 18.5. The Hall–Kier alpha value is -2.40. The first kappa shape index (κ1) is 18.9. The van der Waals surface area contributed by atoms with Crippen molar-refractivity contribution in [1.29, 1.82) is 0 Å². The largest absolute Gasteiger partial charge is 0.489 e. The van der Waals surface area contributed by atoms with E-state index >= 15 is 0 Å². The average Bonchev–Trinajstić information content (AvgIpc) is 2.61. The summed E-state index contributed by atoms with van der Waals surface area (Å²) in [5.41, 5.74) is 1.76. The van der Waals surface area contributed by atoms with Gasteiger partial charge >= 0.3 is 0 Å². The number of aromatic nitrogens is 1. The first-order chi connectivity index (χ1) is 12.2. The number of rotatable bonds is 10. The van der Waals surface area contributed by atoms with Crippen LogP contribution in [0.15, 0.2) is 48.8 Å². The molecule has 0 unspecified atom stereocenters. The van der Waals surface area contributed by atoms with E-state index in [-0.39, 0.29) is 5.91 Å². The van der Waals surface area contributed by atoms with Crippen molar-refractivity contribution in [3.8, 4) is 5.75 Å². The van der Waals surface area contributed by atoms with Gasteiger partial charge in [-0.05, 0) is 44.1 Å². The maximum atomic E-state index is 12.3. The fourth-order valence-electron chi connectivity index (χ4n) is 2.62. The van der Waals surface area contributed by atoms with Crippen molar-refractivity contribution in [3.05, 3.63) is 54.4 Å². The van der Waals surface area contributed by atoms with Crippen molar-refractivity contribution in [1.82, 2.24) is 9.88 Å². The molecule has 2 aromatic rings. The molecular weight excluding hydrogens is 314 g/mol. The van der Waals surface area contributed by atoms with Gasteiger partial charge < -0.3 is 10.1 Å². The maximum absolute atomic E-state index is 12.3. The molecule has 1 aromatic carbocycles. The lowest BCUT2D eigenvalue weighted by molar-refractivity contribution is -0.117. The van der Waals surface area contributed by atoms with E-state index in [4.69, 9.17) is 4.74 Å². The normalized spacial score (nSPS) is 10.7. The summed E-state index contributed by atoms with van der Waals surface area (Å²) < 4.78 is 5.77. The van der Waals surface area contributed by atoms with Gasteiger partial charge in [0.05, 0.1) is 6.54 Å². The molecule has 1 aromatic heterocycles. The number of pyridine rings is 1. The van der Waals surface area contributed by atoms with E-state index in [1.54, 1.807) is 12.4 Å². The molecule has 0 aliphatic heterocycles. The molecule has 1 heterocycles. The van der Waals surface area contributed by atoms with Crippen molar-refractivity contribution < 1.29 is 9.53 Å². The summed E-state index contributed by atoms with van der Waals surface area (Å²) in [7, 11) is 0. The smallest absolute Gasteiger partial charge is 0.238 e. The van der Waals surface area contributed by atoms with Crippen LogP contribution in [-0.2, 0) is 11.4 Å². The summed E-state index contributed by atoms with van der Waals surface area (Å²) in [5, 5.41) is 2.95. The van der Waals surface area contributed by atoms with Crippen LogP contribution in [0.25, 0.3) is 0 Å². The van der Waals surface area contributed by atoms with E-state index < -0.39 is 0 Å². The van der Waals surface area contributed by atoms with E-state index in [2.05, 4.69) is 29.0 Å². The Balaban J connectivity index is 1.88. The Morgan fingerprint density at radius 3 is 2.64 bits per heavy atom. The first-order valence-corrected chi connectivity index (χ1v) is 8.85. The van der Waals surface area contributed by atoms with Crippen LogP contribution >= 0.6 is 0 Å². The molecule has 134 valence electrons. The molecule has 0 bridgehead atoms. The van der Waals surface area contributed by atoms with E-state index in [9.17, 15) is 4.79 Å². The predicted molar refractivity (Wildman–Crippen MR) is 101 cm³/mol. The highest BCUT2D eigenvalue weighted by atomic mass is 16.5. The van der Waals surface area contributed by atoms with E-state index in [1.807, 2.05) is 36.4 Å². The highest BCUT2D eigenvalue weighted by Crippen LogP contribution is 2.18. The molecule has 5 nitrogen and oxygen atoms in total. The maximum Gasteiger partial charge on any atom is 0.238 e. The standard InChI is InChI=1S/C20H27N3O2/c1-3-11-23(12-4-2)15-20(24)22-18-8-5-9-19(13-18)25-16-17-7-6-10-21-14-17/h5-10,13-14H,3-4,11-12,15-16H2,1-2H3,(H,22,24). The number of anilines is 1. The zero-order valence-corrected chi connectivity index (χ0v) is 15.1. The highest BCUT2D eigenvalue weighted by Gasteiger charge is 2.09. The van der Waals surface area contributed by atoms with Crippen molar-refractivity contribution >= 4 is 11.6 Å². The third-order valence-corrected chi connectivity index (χ3v) is 3.69. The number of nitrogens with one attached hydrogen (secondary N) is 1. The Bertz CT molecular complexity index is 640. The highest BCUT2D eigenvalue weighted by molar-refractivity contribution is 5.92. The van der Waals surface area contributed by atoms with Crippen molar-refractivity contribution in [2.75, 3.05) is 25.0 Å². The third-order valence-electron chi connectivity index (χ3n) is 3.69. The summed E-state index contributed by atoms with van der Waals surface area (Å²) in [6.07, 6.45) is 5.61. The second-order valence-corrected chi connectivity index (χ2v) is 6.00. The Morgan fingerprint density at radius 1 is 1.16 bits per heavy atom. The number of ether oxygens (including phenoxy) is 1. The van der Waals surface area contributed by atoms with Crippen molar-refractivity contribution in [3.63, 3.8) is 0 Å². The van der Waals surface area contributed by atoms with Gasteiger partial charge in [0.1, 0.15) is 12.4 Å². The molecule has 0 radical (unpaired) electrons. The summed E-state index contributed by atoms with van der Waals surface area (Å²) in [6.45, 7) is 7.01. The number of hydrogen-bond acceptors (Lipinski definition) is 4. The molecule has 0 saturated heterocycles. The van der Waals surface area contributed by atoms with Crippen LogP contribution in [-0.4, -0.2) is 35.4 Å². The Morgan fingerprint density at radius 2 is 1.96 bits per heavy atom. The molecule has 0 fully saturated rings. The molecule has 1 amide bonds. The Kier molecular flexibility index (Phi) is 7.92. The fourth-order valence-corrected chi connectivity index (χ4v) is 2.62. The number of carbonyl (C=O) groups excluding carboxylic acids is 1. The van der Waals surface area contributed by atoms with Gasteiger partial charge in [0, 0.05) is 29.7 Å². The monoisotopic (exact) mass is 341 g/mol. The van der Waals surface area contributed by atoms with Gasteiger partial charge in [0.2, 0.25) is 5.91 Å². The van der Waals surface area contributed by atoms with Gasteiger partial charge in [-0.15, -0.1) is 0 Å². The molecule has 0 aliphatic carbocycles. The number of amides is 1. The fraction of sp³-hybridized carbons (Fsp3) is 0.400. The third kappa shape index (κ3) is 6.93. The second-order valence-electron chi connectivity index (χ2n) is 6.00. The van der Waals surface area contributed by atoms with Gasteiger partial charge in [0.25, 0.3) is 0 Å². The molecule has 0 saturated carbocycles. The summed E-state index contributed by atoms with van der Waals surface area (Å²) in [6, 6.07) is 11.3. The van der Waals surface area contributed by atoms with Crippen LogP contribution in [0.2, 0.25) is 0 Å².